The summed E-state index contributed by atoms with van der Waals surface area (Å²) < 4.78 is 31.6. The number of methoxy groups -OCH3 is 1. The van der Waals surface area contributed by atoms with E-state index in [1.54, 1.807) is 0 Å². The number of carbonyl (C=O) groups excluding carboxylic acids is 1. The molecule has 0 radical (unpaired) electrons. The van der Waals surface area contributed by atoms with Crippen molar-refractivity contribution in [3.63, 3.8) is 0 Å². The fourth-order valence-electron chi connectivity index (χ4n) is 2.38. The topological polar surface area (TPSA) is 66.8 Å². The third-order valence-electron chi connectivity index (χ3n) is 3.74. The van der Waals surface area contributed by atoms with Gasteiger partial charge in [-0.3, -0.25) is 4.79 Å². The van der Waals surface area contributed by atoms with Crippen molar-refractivity contribution < 1.29 is 28.2 Å². The van der Waals surface area contributed by atoms with E-state index in [4.69, 9.17) is 9.84 Å². The number of aliphatic carboxylic acids is 1. The number of hydrogen-bond donors (Lipinski definition) is 1. The molecule has 0 spiro atoms. The molecule has 1 atom stereocenters. The van der Waals surface area contributed by atoms with Crippen LogP contribution in [0.4, 0.5) is 8.78 Å². The number of amides is 1. The molecule has 1 aromatic rings. The molecule has 5 nitrogen and oxygen atoms in total. The summed E-state index contributed by atoms with van der Waals surface area (Å²) in [5.41, 5.74) is -1.47. The van der Waals surface area contributed by atoms with E-state index in [9.17, 15) is 18.4 Å². The molecule has 1 heterocycles. The van der Waals surface area contributed by atoms with Crippen molar-refractivity contribution in [2.45, 2.75) is 18.4 Å². The first-order valence-corrected chi connectivity index (χ1v) is 6.39. The molecule has 1 fully saturated rings. The Hall–Kier alpha value is -2.02. The predicted octanol–water partition coefficient (Wildman–Crippen LogP) is 1.21. The monoisotopic (exact) mass is 299 g/mol. The molecule has 1 N–H and O–H groups in total. The quantitative estimate of drug-likeness (QED) is 0.907. The minimum atomic E-state index is -1.42. The van der Waals surface area contributed by atoms with Gasteiger partial charge in [0.25, 0.3) is 0 Å². The number of likely N-dealkylation sites (tertiary alicyclic amines) is 1. The summed E-state index contributed by atoms with van der Waals surface area (Å²) in [6.45, 7) is 0.102. The predicted molar refractivity (Wildman–Crippen MR) is 68.6 cm³/mol. The van der Waals surface area contributed by atoms with Crippen molar-refractivity contribution in [2.75, 3.05) is 20.2 Å². The fraction of sp³-hybridized carbons (Fsp3) is 0.429. The summed E-state index contributed by atoms with van der Waals surface area (Å²) in [7, 11) is 1.27. The first kappa shape index (κ1) is 15.4. The molecule has 0 aromatic heterocycles. The smallest absolute Gasteiger partial charge is 0.337 e. The Morgan fingerprint density at radius 1 is 1.43 bits per heavy atom. The van der Waals surface area contributed by atoms with E-state index >= 15 is 0 Å². The van der Waals surface area contributed by atoms with Gasteiger partial charge in [0.2, 0.25) is 5.91 Å². The zero-order valence-corrected chi connectivity index (χ0v) is 11.4. The Balaban J connectivity index is 2.09. The highest BCUT2D eigenvalue weighted by Gasteiger charge is 2.46. The van der Waals surface area contributed by atoms with Crippen LogP contribution in [0.5, 0.6) is 0 Å². The van der Waals surface area contributed by atoms with Gasteiger partial charge in [0.1, 0.15) is 0 Å². The molecule has 1 aliphatic rings. The summed E-state index contributed by atoms with van der Waals surface area (Å²) in [4.78, 5) is 24.6. The van der Waals surface area contributed by atoms with Gasteiger partial charge in [-0.05, 0) is 6.07 Å². The van der Waals surface area contributed by atoms with E-state index in [0.29, 0.717) is 0 Å². The van der Waals surface area contributed by atoms with Crippen LogP contribution < -0.4 is 0 Å². The van der Waals surface area contributed by atoms with Crippen molar-refractivity contribution in [1.82, 2.24) is 4.90 Å². The number of nitrogens with zero attached hydrogens (tertiary/aromatic N) is 1. The second-order valence-corrected chi connectivity index (χ2v) is 4.96. The van der Waals surface area contributed by atoms with Crippen LogP contribution in [0.1, 0.15) is 12.0 Å². The minimum absolute atomic E-state index is 0.0507. The minimum Gasteiger partial charge on any atom is -0.479 e. The van der Waals surface area contributed by atoms with E-state index in [1.807, 2.05) is 0 Å². The molecule has 7 heteroatoms. The Bertz CT molecular complexity index is 578. The van der Waals surface area contributed by atoms with Gasteiger partial charge in [-0.25, -0.2) is 13.6 Å². The number of carbonyl (C=O) groups is 2. The number of carboxylic acid groups (broad SMARTS) is 1. The lowest BCUT2D eigenvalue weighted by molar-refractivity contribution is -0.160. The van der Waals surface area contributed by atoms with E-state index in [-0.39, 0.29) is 31.5 Å². The Labute approximate surface area is 120 Å². The molecular weight excluding hydrogens is 284 g/mol. The molecule has 1 amide bonds. The van der Waals surface area contributed by atoms with E-state index < -0.39 is 29.1 Å². The molecule has 2 rings (SSSR count). The molecule has 1 saturated heterocycles. The Morgan fingerprint density at radius 3 is 2.71 bits per heavy atom. The summed E-state index contributed by atoms with van der Waals surface area (Å²) in [6, 6.07) is 3.62. The normalized spacial score (nSPS) is 21.6. The maximum Gasteiger partial charge on any atom is 0.337 e. The van der Waals surface area contributed by atoms with Gasteiger partial charge in [0.05, 0.1) is 13.0 Å². The highest BCUT2D eigenvalue weighted by Crippen LogP contribution is 2.26. The van der Waals surface area contributed by atoms with Gasteiger partial charge in [-0.2, -0.15) is 0 Å². The van der Waals surface area contributed by atoms with Crippen LogP contribution in [0.25, 0.3) is 0 Å². The van der Waals surface area contributed by atoms with Crippen molar-refractivity contribution in [3.8, 4) is 0 Å². The fourth-order valence-corrected chi connectivity index (χ4v) is 2.38. The van der Waals surface area contributed by atoms with Crippen molar-refractivity contribution in [2.24, 2.45) is 0 Å². The number of ether oxygens (including phenoxy) is 1. The lowest BCUT2D eigenvalue weighted by Crippen LogP contribution is -2.44. The van der Waals surface area contributed by atoms with Crippen LogP contribution in [-0.4, -0.2) is 47.7 Å². The largest absolute Gasteiger partial charge is 0.479 e. The molecular formula is C14H15F2NO4. The maximum atomic E-state index is 13.5. The second kappa shape index (κ2) is 5.77. The molecule has 1 aromatic carbocycles. The summed E-state index contributed by atoms with van der Waals surface area (Å²) in [5.74, 6) is -3.67. The molecule has 21 heavy (non-hydrogen) atoms. The maximum absolute atomic E-state index is 13.5. The average molecular weight is 299 g/mol. The standard InChI is InChI=1S/C14H15F2NO4/c1-21-14(13(19)20)5-6-17(8-14)11(18)7-9-3-2-4-10(15)12(9)16/h2-4H,5-8H2,1H3,(H,19,20). The van der Waals surface area contributed by atoms with Gasteiger partial charge in [0.15, 0.2) is 17.2 Å². The first-order valence-electron chi connectivity index (χ1n) is 6.39. The van der Waals surface area contributed by atoms with E-state index in [2.05, 4.69) is 0 Å². The Morgan fingerprint density at radius 2 is 2.14 bits per heavy atom. The molecule has 114 valence electrons. The van der Waals surface area contributed by atoms with Gasteiger partial charge in [0, 0.05) is 25.6 Å². The summed E-state index contributed by atoms with van der Waals surface area (Å²) >= 11 is 0. The Kier molecular flexibility index (Phi) is 4.22. The van der Waals surface area contributed by atoms with Gasteiger partial charge >= 0.3 is 5.97 Å². The SMILES string of the molecule is COC1(C(=O)O)CCN(C(=O)Cc2cccc(F)c2F)C1. The second-order valence-electron chi connectivity index (χ2n) is 4.96. The third-order valence-corrected chi connectivity index (χ3v) is 3.74. The lowest BCUT2D eigenvalue weighted by Gasteiger charge is -2.23. The van der Waals surface area contributed by atoms with Crippen LogP contribution in [0.2, 0.25) is 0 Å². The molecule has 1 aliphatic heterocycles. The van der Waals surface area contributed by atoms with Crippen LogP contribution >= 0.6 is 0 Å². The van der Waals surface area contributed by atoms with Crippen molar-refractivity contribution >= 4 is 11.9 Å². The summed E-state index contributed by atoms with van der Waals surface area (Å²) in [5, 5.41) is 9.16. The number of hydrogen-bond acceptors (Lipinski definition) is 3. The number of carboxylic acids is 1. The molecule has 0 saturated carbocycles. The highest BCUT2D eigenvalue weighted by atomic mass is 19.2. The highest BCUT2D eigenvalue weighted by molar-refractivity contribution is 5.83. The van der Waals surface area contributed by atoms with E-state index in [1.165, 1.54) is 24.1 Å². The van der Waals surface area contributed by atoms with Crippen molar-refractivity contribution in [3.05, 3.63) is 35.4 Å². The number of benzene rings is 1. The molecule has 0 bridgehead atoms. The number of halogens is 2. The average Bonchev–Trinajstić information content (AvgIpc) is 2.90. The zero-order valence-electron chi connectivity index (χ0n) is 11.4. The van der Waals surface area contributed by atoms with Gasteiger partial charge in [-0.15, -0.1) is 0 Å². The lowest BCUT2D eigenvalue weighted by atomic mass is 10.0. The van der Waals surface area contributed by atoms with Crippen LogP contribution in [-0.2, 0) is 20.7 Å². The van der Waals surface area contributed by atoms with Gasteiger partial charge in [-0.1, -0.05) is 12.1 Å². The first-order chi connectivity index (χ1) is 9.89. The van der Waals surface area contributed by atoms with Crippen LogP contribution in [0.3, 0.4) is 0 Å². The van der Waals surface area contributed by atoms with Gasteiger partial charge < -0.3 is 14.7 Å². The molecule has 1 unspecified atom stereocenters. The zero-order chi connectivity index (χ0) is 15.6. The summed E-state index contributed by atoms with van der Waals surface area (Å²) in [6.07, 6.45) is -0.154. The van der Waals surface area contributed by atoms with Crippen LogP contribution in [0.15, 0.2) is 18.2 Å². The van der Waals surface area contributed by atoms with Crippen LogP contribution in [0, 0.1) is 11.6 Å². The van der Waals surface area contributed by atoms with E-state index in [0.717, 1.165) is 6.07 Å². The number of rotatable bonds is 4. The molecule has 0 aliphatic carbocycles. The van der Waals surface area contributed by atoms with Crippen molar-refractivity contribution in [1.29, 1.82) is 0 Å². The third kappa shape index (κ3) is 2.87.